The number of fused-ring (bicyclic) bond motifs is 1. The van der Waals surface area contributed by atoms with Gasteiger partial charge in [-0.2, -0.15) is 5.10 Å². The molecule has 1 aromatic heterocycles. The Labute approximate surface area is 142 Å². The van der Waals surface area contributed by atoms with Crippen LogP contribution in [0, 0.1) is 12.7 Å². The molecule has 1 aliphatic carbocycles. The molecule has 1 aromatic carbocycles. The maximum Gasteiger partial charge on any atom is 0.123 e. The average Bonchev–Trinajstić information content (AvgIpc) is 2.92. The third-order valence-electron chi connectivity index (χ3n) is 4.79. The van der Waals surface area contributed by atoms with E-state index in [0.717, 1.165) is 49.6 Å². The normalized spacial score (nSPS) is 14.5. The van der Waals surface area contributed by atoms with Crippen molar-refractivity contribution in [3.05, 3.63) is 63.6 Å². The fourth-order valence-electron chi connectivity index (χ4n) is 3.37. The zero-order valence-corrected chi connectivity index (χ0v) is 14.5. The van der Waals surface area contributed by atoms with Gasteiger partial charge in [-0.25, -0.2) is 4.39 Å². The van der Waals surface area contributed by atoms with Gasteiger partial charge in [0.05, 0.1) is 11.0 Å². The summed E-state index contributed by atoms with van der Waals surface area (Å²) in [5.74, 6) is -0.161. The number of halogens is 1. The van der Waals surface area contributed by atoms with E-state index in [0.29, 0.717) is 0 Å². The molecule has 0 spiro atoms. The number of aromatic amines is 1. The second-order valence-corrected chi connectivity index (χ2v) is 6.71. The molecular formula is C21H25FN2. The Balaban J connectivity index is 1.69. The topological polar surface area (TPSA) is 28.7 Å². The summed E-state index contributed by atoms with van der Waals surface area (Å²) in [5, 5.41) is 10.0. The third-order valence-corrected chi connectivity index (χ3v) is 4.79. The van der Waals surface area contributed by atoms with E-state index < -0.39 is 0 Å². The number of hydrogen-bond acceptors (Lipinski definition) is 1. The Morgan fingerprint density at radius 3 is 2.54 bits per heavy atom. The average molecular weight is 324 g/mol. The van der Waals surface area contributed by atoms with Gasteiger partial charge in [0.2, 0.25) is 0 Å². The predicted molar refractivity (Wildman–Crippen MR) is 97.4 cm³/mol. The van der Waals surface area contributed by atoms with Crippen LogP contribution in [0.3, 0.4) is 0 Å². The molecule has 0 saturated heterocycles. The zero-order chi connectivity index (χ0) is 16.9. The minimum Gasteiger partial charge on any atom is -0.278 e. The largest absolute Gasteiger partial charge is 0.278 e. The number of nitrogens with one attached hydrogen (secondary N) is 1. The first kappa shape index (κ1) is 16.7. The van der Waals surface area contributed by atoms with E-state index in [2.05, 4.69) is 36.2 Å². The molecule has 1 heterocycles. The van der Waals surface area contributed by atoms with E-state index in [4.69, 9.17) is 0 Å². The fourth-order valence-corrected chi connectivity index (χ4v) is 3.37. The monoisotopic (exact) mass is 324 g/mol. The van der Waals surface area contributed by atoms with Gasteiger partial charge in [0.1, 0.15) is 5.82 Å². The molecular weight excluding hydrogens is 299 g/mol. The lowest BCUT2D eigenvalue weighted by Crippen LogP contribution is -2.27. The molecule has 3 heteroatoms. The molecule has 2 aromatic rings. The van der Waals surface area contributed by atoms with Crippen molar-refractivity contribution in [1.82, 2.24) is 10.2 Å². The Kier molecular flexibility index (Phi) is 5.29. The SMILES string of the molecule is CC1=CC=c2[nH]nc(C)c2=C(CCCCc2ccc(F)cc2)CC1. The summed E-state index contributed by atoms with van der Waals surface area (Å²) in [6.07, 6.45) is 11.0. The third kappa shape index (κ3) is 4.02. The van der Waals surface area contributed by atoms with Crippen LogP contribution < -0.4 is 10.6 Å². The number of aryl methyl sites for hydroxylation is 2. The molecule has 0 bridgehead atoms. The molecule has 0 aliphatic heterocycles. The van der Waals surface area contributed by atoms with Gasteiger partial charge in [0.25, 0.3) is 0 Å². The molecule has 2 nitrogen and oxygen atoms in total. The summed E-state index contributed by atoms with van der Waals surface area (Å²) in [5.41, 5.74) is 5.24. The molecule has 126 valence electrons. The highest BCUT2D eigenvalue weighted by atomic mass is 19.1. The number of aromatic nitrogens is 2. The van der Waals surface area contributed by atoms with Crippen LogP contribution in [0.25, 0.3) is 11.6 Å². The molecule has 0 saturated carbocycles. The van der Waals surface area contributed by atoms with Crippen LogP contribution in [0.4, 0.5) is 4.39 Å². The van der Waals surface area contributed by atoms with Gasteiger partial charge in [-0.15, -0.1) is 0 Å². The van der Waals surface area contributed by atoms with Crippen molar-refractivity contribution in [2.24, 2.45) is 0 Å². The first-order valence-corrected chi connectivity index (χ1v) is 8.78. The highest BCUT2D eigenvalue weighted by Crippen LogP contribution is 2.19. The number of unbranched alkanes of at least 4 members (excludes halogenated alkanes) is 1. The first-order chi connectivity index (χ1) is 11.6. The summed E-state index contributed by atoms with van der Waals surface area (Å²) >= 11 is 0. The number of rotatable bonds is 5. The molecule has 3 rings (SSSR count). The zero-order valence-electron chi connectivity index (χ0n) is 14.5. The molecule has 0 unspecified atom stereocenters. The van der Waals surface area contributed by atoms with E-state index in [1.54, 1.807) is 12.1 Å². The predicted octanol–water partition coefficient (Wildman–Crippen LogP) is 3.94. The molecule has 24 heavy (non-hydrogen) atoms. The number of allylic oxidation sites excluding steroid dienone is 2. The summed E-state index contributed by atoms with van der Waals surface area (Å²) < 4.78 is 12.9. The van der Waals surface area contributed by atoms with Crippen molar-refractivity contribution in [3.8, 4) is 0 Å². The van der Waals surface area contributed by atoms with Crippen molar-refractivity contribution in [2.75, 3.05) is 0 Å². The van der Waals surface area contributed by atoms with E-state index in [-0.39, 0.29) is 5.82 Å². The lowest BCUT2D eigenvalue weighted by molar-refractivity contribution is 0.626. The number of benzene rings is 1. The van der Waals surface area contributed by atoms with E-state index in [1.165, 1.54) is 21.9 Å². The van der Waals surface area contributed by atoms with E-state index in [1.807, 2.05) is 12.1 Å². The quantitative estimate of drug-likeness (QED) is 0.829. The Hall–Kier alpha value is -2.16. The smallest absolute Gasteiger partial charge is 0.123 e. The van der Waals surface area contributed by atoms with Crippen LogP contribution in [0.1, 0.15) is 50.3 Å². The van der Waals surface area contributed by atoms with Crippen LogP contribution in [0.2, 0.25) is 0 Å². The van der Waals surface area contributed by atoms with Crippen molar-refractivity contribution in [3.63, 3.8) is 0 Å². The number of H-pyrrole nitrogens is 1. The highest BCUT2D eigenvalue weighted by molar-refractivity contribution is 5.51. The van der Waals surface area contributed by atoms with Gasteiger partial charge in [0, 0.05) is 5.22 Å². The molecule has 0 amide bonds. The lowest BCUT2D eigenvalue weighted by atomic mass is 9.95. The molecule has 0 fully saturated rings. The van der Waals surface area contributed by atoms with Gasteiger partial charge in [-0.05, 0) is 76.1 Å². The van der Waals surface area contributed by atoms with Crippen LogP contribution in [-0.4, -0.2) is 10.2 Å². The lowest BCUT2D eigenvalue weighted by Gasteiger charge is -2.10. The van der Waals surface area contributed by atoms with Gasteiger partial charge in [-0.1, -0.05) is 29.4 Å². The van der Waals surface area contributed by atoms with Crippen molar-refractivity contribution >= 4 is 11.6 Å². The Morgan fingerprint density at radius 2 is 1.75 bits per heavy atom. The summed E-state index contributed by atoms with van der Waals surface area (Å²) in [6, 6.07) is 6.87. The van der Waals surface area contributed by atoms with Gasteiger partial charge >= 0.3 is 0 Å². The molecule has 1 N–H and O–H groups in total. The highest BCUT2D eigenvalue weighted by Gasteiger charge is 2.08. The van der Waals surface area contributed by atoms with Crippen LogP contribution in [0.15, 0.2) is 35.9 Å². The van der Waals surface area contributed by atoms with Crippen LogP contribution >= 0.6 is 0 Å². The van der Waals surface area contributed by atoms with Crippen molar-refractivity contribution < 1.29 is 4.39 Å². The summed E-state index contributed by atoms with van der Waals surface area (Å²) in [7, 11) is 0. The second-order valence-electron chi connectivity index (χ2n) is 6.71. The van der Waals surface area contributed by atoms with E-state index in [9.17, 15) is 4.39 Å². The van der Waals surface area contributed by atoms with Crippen molar-refractivity contribution in [2.45, 2.75) is 52.4 Å². The minimum absolute atomic E-state index is 0.161. The maximum atomic E-state index is 12.9. The Bertz CT molecular complexity index is 841. The number of hydrogen-bond donors (Lipinski definition) is 1. The van der Waals surface area contributed by atoms with Gasteiger partial charge in [0.15, 0.2) is 0 Å². The van der Waals surface area contributed by atoms with Crippen molar-refractivity contribution in [1.29, 1.82) is 0 Å². The van der Waals surface area contributed by atoms with E-state index >= 15 is 0 Å². The van der Waals surface area contributed by atoms with Crippen LogP contribution in [-0.2, 0) is 6.42 Å². The molecule has 0 atom stereocenters. The van der Waals surface area contributed by atoms with Gasteiger partial charge in [-0.3, -0.25) is 5.10 Å². The summed E-state index contributed by atoms with van der Waals surface area (Å²) in [6.45, 7) is 4.27. The Morgan fingerprint density at radius 1 is 1.00 bits per heavy atom. The van der Waals surface area contributed by atoms with Gasteiger partial charge < -0.3 is 0 Å². The second kappa shape index (κ2) is 7.61. The molecule has 1 aliphatic rings. The standard InChI is InChI=1S/C21H25FN2/c1-15-7-11-18(21-16(2)23-24-20(21)14-8-15)6-4-3-5-17-9-12-19(22)13-10-17/h8-10,12-14,24H,3-7,11H2,1-2H3. The van der Waals surface area contributed by atoms with Crippen LogP contribution in [0.5, 0.6) is 0 Å². The molecule has 0 radical (unpaired) electrons. The fraction of sp³-hybridized carbons (Fsp3) is 0.381. The number of nitrogens with zero attached hydrogens (tertiary/aromatic N) is 1. The minimum atomic E-state index is -0.161. The maximum absolute atomic E-state index is 12.9. The first-order valence-electron chi connectivity index (χ1n) is 8.78. The summed E-state index contributed by atoms with van der Waals surface area (Å²) in [4.78, 5) is 0.